The van der Waals surface area contributed by atoms with Gasteiger partial charge in [0.1, 0.15) is 11.8 Å². The second-order valence-corrected chi connectivity index (χ2v) is 5.33. The molecular weight excluding hydrogens is 297 g/mol. The molecule has 0 aliphatic heterocycles. The Hall–Kier alpha value is -2.21. The van der Waals surface area contributed by atoms with Crippen molar-refractivity contribution in [2.24, 2.45) is 0 Å². The maximum Gasteiger partial charge on any atom is 0.416 e. The molecule has 0 bridgehead atoms. The molecule has 0 fully saturated rings. The summed E-state index contributed by atoms with van der Waals surface area (Å²) >= 11 is 0. The molecule has 0 radical (unpaired) electrons. The van der Waals surface area contributed by atoms with E-state index in [1.807, 2.05) is 4.72 Å². The van der Waals surface area contributed by atoms with Crippen molar-refractivity contribution < 1.29 is 26.7 Å². The molecule has 0 saturated heterocycles. The number of halogens is 3. The highest BCUT2D eigenvalue weighted by Gasteiger charge is 2.30. The molecule has 0 saturated carbocycles. The zero-order valence-electron chi connectivity index (χ0n) is 10.1. The Morgan fingerprint density at radius 1 is 1.30 bits per heavy atom. The first kappa shape index (κ1) is 15.8. The predicted molar refractivity (Wildman–Crippen MR) is 64.9 cm³/mol. The molecule has 20 heavy (non-hydrogen) atoms. The number of aliphatic hydroxyl groups is 1. The number of sulfonamides is 1. The van der Waals surface area contributed by atoms with Crippen LogP contribution in [0.4, 0.5) is 18.9 Å². The Balaban J connectivity index is 3.07. The van der Waals surface area contributed by atoms with Crippen LogP contribution in [0, 0.1) is 11.3 Å². The first-order chi connectivity index (χ1) is 9.08. The van der Waals surface area contributed by atoms with Gasteiger partial charge in [-0.2, -0.15) is 18.4 Å². The number of nitrogens with one attached hydrogen (secondary N) is 1. The van der Waals surface area contributed by atoms with Crippen molar-refractivity contribution in [2.45, 2.75) is 13.1 Å². The van der Waals surface area contributed by atoms with E-state index in [1.54, 1.807) is 0 Å². The van der Waals surface area contributed by atoms with Crippen LogP contribution in [-0.4, -0.2) is 13.5 Å². The van der Waals surface area contributed by atoms with E-state index >= 15 is 0 Å². The molecule has 9 heteroatoms. The maximum atomic E-state index is 12.3. The molecule has 2 N–H and O–H groups in total. The highest BCUT2D eigenvalue weighted by atomic mass is 32.2. The molecule has 5 nitrogen and oxygen atoms in total. The molecule has 0 spiro atoms. The second kappa shape index (κ2) is 5.42. The van der Waals surface area contributed by atoms with Crippen molar-refractivity contribution in [3.8, 4) is 6.07 Å². The number of rotatable bonds is 3. The van der Waals surface area contributed by atoms with Crippen LogP contribution in [0.1, 0.15) is 12.5 Å². The van der Waals surface area contributed by atoms with Gasteiger partial charge in [-0.3, -0.25) is 4.72 Å². The number of alkyl halides is 3. The van der Waals surface area contributed by atoms with Crippen LogP contribution in [0.5, 0.6) is 0 Å². The first-order valence-electron chi connectivity index (χ1n) is 5.08. The SMILES string of the molecule is CC(O)=C(C#N)S(=O)(=O)Nc1ccc(C(F)(F)F)cc1. The van der Waals surface area contributed by atoms with Gasteiger partial charge in [0.05, 0.1) is 5.56 Å². The number of benzene rings is 1. The monoisotopic (exact) mass is 306 g/mol. The van der Waals surface area contributed by atoms with Gasteiger partial charge >= 0.3 is 6.18 Å². The average Bonchev–Trinajstić information content (AvgIpc) is 2.27. The largest absolute Gasteiger partial charge is 0.510 e. The fraction of sp³-hybridized carbons (Fsp3) is 0.182. The fourth-order valence-electron chi connectivity index (χ4n) is 1.27. The average molecular weight is 306 g/mol. The highest BCUT2D eigenvalue weighted by Crippen LogP contribution is 2.30. The van der Waals surface area contributed by atoms with Gasteiger partial charge < -0.3 is 5.11 Å². The Bertz CT molecular complexity index is 666. The van der Waals surface area contributed by atoms with E-state index < -0.39 is 32.4 Å². The summed E-state index contributed by atoms with van der Waals surface area (Å²) in [5.41, 5.74) is -1.10. The number of anilines is 1. The number of hydrogen-bond acceptors (Lipinski definition) is 4. The van der Waals surface area contributed by atoms with E-state index in [1.165, 1.54) is 6.07 Å². The summed E-state index contributed by atoms with van der Waals surface area (Å²) in [6.07, 6.45) is -4.53. The van der Waals surface area contributed by atoms with E-state index in [9.17, 15) is 21.6 Å². The van der Waals surface area contributed by atoms with Crippen molar-refractivity contribution in [3.63, 3.8) is 0 Å². The third-order valence-corrected chi connectivity index (χ3v) is 3.59. The van der Waals surface area contributed by atoms with Crippen LogP contribution in [0.25, 0.3) is 0 Å². The molecule has 0 aromatic heterocycles. The zero-order chi connectivity index (χ0) is 15.6. The molecular formula is C11H9F3N2O3S. The van der Waals surface area contributed by atoms with Gasteiger partial charge in [0.2, 0.25) is 4.91 Å². The summed E-state index contributed by atoms with van der Waals surface area (Å²) in [6, 6.07) is 4.49. The minimum Gasteiger partial charge on any atom is -0.510 e. The third kappa shape index (κ3) is 3.64. The predicted octanol–water partition coefficient (Wildman–Crippen LogP) is 2.76. The number of aliphatic hydroxyl groups excluding tert-OH is 1. The lowest BCUT2D eigenvalue weighted by Gasteiger charge is -2.09. The topological polar surface area (TPSA) is 90.2 Å². The molecule has 0 amide bonds. The molecule has 1 aromatic rings. The molecule has 0 aliphatic rings. The van der Waals surface area contributed by atoms with Crippen molar-refractivity contribution in [2.75, 3.05) is 4.72 Å². The lowest BCUT2D eigenvalue weighted by molar-refractivity contribution is -0.137. The van der Waals surface area contributed by atoms with Crippen LogP contribution in [0.15, 0.2) is 34.9 Å². The van der Waals surface area contributed by atoms with Gasteiger partial charge in [-0.25, -0.2) is 8.42 Å². The Labute approximate surface area is 113 Å². The van der Waals surface area contributed by atoms with Gasteiger partial charge in [0, 0.05) is 5.69 Å². The van der Waals surface area contributed by atoms with Crippen LogP contribution >= 0.6 is 0 Å². The van der Waals surface area contributed by atoms with Gasteiger partial charge in [-0.05, 0) is 31.2 Å². The lowest BCUT2D eigenvalue weighted by Crippen LogP contribution is -2.15. The Morgan fingerprint density at radius 3 is 2.15 bits per heavy atom. The Kier molecular flexibility index (Phi) is 4.29. The van der Waals surface area contributed by atoms with Crippen molar-refractivity contribution in [3.05, 3.63) is 40.5 Å². The molecule has 0 aliphatic carbocycles. The van der Waals surface area contributed by atoms with Crippen LogP contribution in [0.2, 0.25) is 0 Å². The maximum absolute atomic E-state index is 12.3. The molecule has 0 heterocycles. The molecule has 1 aromatic carbocycles. The number of nitriles is 1. The van der Waals surface area contributed by atoms with Crippen molar-refractivity contribution in [1.29, 1.82) is 5.26 Å². The summed E-state index contributed by atoms with van der Waals surface area (Å²) in [5.74, 6) is -0.716. The quantitative estimate of drug-likeness (QED) is 0.663. The van der Waals surface area contributed by atoms with E-state index in [0.29, 0.717) is 12.1 Å². The number of hydrogen-bond donors (Lipinski definition) is 2. The van der Waals surface area contributed by atoms with Crippen LogP contribution < -0.4 is 4.72 Å². The van der Waals surface area contributed by atoms with E-state index in [0.717, 1.165) is 19.1 Å². The summed E-state index contributed by atoms with van der Waals surface area (Å²) in [6.45, 7) is 1.00. The minimum atomic E-state index is -4.53. The van der Waals surface area contributed by atoms with Gasteiger partial charge in [0.25, 0.3) is 10.0 Å². The minimum absolute atomic E-state index is 0.160. The van der Waals surface area contributed by atoms with Crippen molar-refractivity contribution >= 4 is 15.7 Å². The van der Waals surface area contributed by atoms with Gasteiger partial charge in [-0.1, -0.05) is 0 Å². The van der Waals surface area contributed by atoms with Crippen molar-refractivity contribution in [1.82, 2.24) is 0 Å². The fourth-order valence-corrected chi connectivity index (χ4v) is 2.33. The van der Waals surface area contributed by atoms with Crippen LogP contribution in [0.3, 0.4) is 0 Å². The number of allylic oxidation sites excluding steroid dienone is 2. The summed E-state index contributed by atoms with van der Waals surface area (Å²) in [4.78, 5) is -0.905. The summed E-state index contributed by atoms with van der Waals surface area (Å²) in [5, 5.41) is 17.7. The smallest absolute Gasteiger partial charge is 0.416 e. The Morgan fingerprint density at radius 2 is 1.80 bits per heavy atom. The molecule has 0 atom stereocenters. The van der Waals surface area contributed by atoms with E-state index in [2.05, 4.69) is 0 Å². The number of nitrogens with zero attached hydrogens (tertiary/aromatic N) is 1. The molecule has 108 valence electrons. The van der Waals surface area contributed by atoms with Crippen LogP contribution in [-0.2, 0) is 16.2 Å². The summed E-state index contributed by atoms with van der Waals surface area (Å²) < 4.78 is 62.2. The first-order valence-corrected chi connectivity index (χ1v) is 6.56. The van der Waals surface area contributed by atoms with Gasteiger partial charge in [0.15, 0.2) is 0 Å². The zero-order valence-corrected chi connectivity index (χ0v) is 10.9. The standard InChI is InChI=1S/C11H9F3N2O3S/c1-7(17)10(6-15)20(18,19)16-9-4-2-8(3-5-9)11(12,13)14/h2-5,16-17H,1H3. The van der Waals surface area contributed by atoms with E-state index in [4.69, 9.17) is 10.4 Å². The van der Waals surface area contributed by atoms with Gasteiger partial charge in [-0.15, -0.1) is 0 Å². The normalized spacial score (nSPS) is 13.3. The molecule has 1 rings (SSSR count). The molecule has 0 unspecified atom stereocenters. The third-order valence-electron chi connectivity index (χ3n) is 2.16. The van der Waals surface area contributed by atoms with E-state index in [-0.39, 0.29) is 5.69 Å². The second-order valence-electron chi connectivity index (χ2n) is 3.71. The lowest BCUT2D eigenvalue weighted by atomic mass is 10.2. The summed E-state index contributed by atoms with van der Waals surface area (Å²) in [7, 11) is -4.34. The highest BCUT2D eigenvalue weighted by molar-refractivity contribution is 7.96.